The lowest BCUT2D eigenvalue weighted by Crippen LogP contribution is -2.35. The Kier molecular flexibility index (Phi) is 4.98. The average Bonchev–Trinajstić information content (AvgIpc) is 2.20. The molecular formula is C11H16BrNO. The van der Waals surface area contributed by atoms with Gasteiger partial charge in [0.1, 0.15) is 0 Å². The highest BCUT2D eigenvalue weighted by molar-refractivity contribution is 9.11. The summed E-state index contributed by atoms with van der Waals surface area (Å²) in [6.45, 7) is 9.40. The van der Waals surface area contributed by atoms with Crippen molar-refractivity contribution in [3.63, 3.8) is 0 Å². The molecule has 2 nitrogen and oxygen atoms in total. The third-order valence-electron chi connectivity index (χ3n) is 2.11. The molecular weight excluding hydrogens is 242 g/mol. The highest BCUT2D eigenvalue weighted by Crippen LogP contribution is 2.11. The molecule has 0 spiro atoms. The molecule has 14 heavy (non-hydrogen) atoms. The van der Waals surface area contributed by atoms with E-state index in [1.54, 1.807) is 0 Å². The number of hydrogen-bond donors (Lipinski definition) is 0. The van der Waals surface area contributed by atoms with E-state index in [0.29, 0.717) is 0 Å². The van der Waals surface area contributed by atoms with E-state index < -0.39 is 0 Å². The maximum absolute atomic E-state index is 5.30. The van der Waals surface area contributed by atoms with Gasteiger partial charge in [-0.25, -0.2) is 0 Å². The van der Waals surface area contributed by atoms with Crippen LogP contribution >= 0.6 is 15.9 Å². The minimum Gasteiger partial charge on any atom is -0.378 e. The second-order valence-corrected chi connectivity index (χ2v) is 4.11. The molecule has 1 aliphatic rings. The number of morpholine rings is 1. The second-order valence-electron chi connectivity index (χ2n) is 3.09. The van der Waals surface area contributed by atoms with Crippen LogP contribution in [0.1, 0.15) is 6.92 Å². The Bertz CT molecular complexity index is 252. The molecule has 0 aromatic carbocycles. The van der Waals surface area contributed by atoms with Crippen LogP contribution < -0.4 is 0 Å². The van der Waals surface area contributed by atoms with Crippen LogP contribution in [0.3, 0.4) is 0 Å². The fraction of sp³-hybridized carbons (Fsp3) is 0.455. The van der Waals surface area contributed by atoms with Crippen LogP contribution in [0.15, 0.2) is 35.0 Å². The molecule has 0 N–H and O–H groups in total. The van der Waals surface area contributed by atoms with Crippen molar-refractivity contribution in [2.24, 2.45) is 0 Å². The molecule has 78 valence electrons. The Hall–Kier alpha value is -0.540. The molecule has 0 saturated carbocycles. The van der Waals surface area contributed by atoms with Crippen LogP contribution in [0, 0.1) is 0 Å². The first-order chi connectivity index (χ1) is 6.74. The largest absolute Gasteiger partial charge is 0.378 e. The van der Waals surface area contributed by atoms with Gasteiger partial charge in [-0.15, -0.1) is 0 Å². The maximum atomic E-state index is 5.30. The summed E-state index contributed by atoms with van der Waals surface area (Å²) >= 11 is 3.30. The van der Waals surface area contributed by atoms with Crippen molar-refractivity contribution in [2.75, 3.05) is 26.3 Å². The Morgan fingerprint density at radius 3 is 2.50 bits per heavy atom. The third-order valence-corrected chi connectivity index (χ3v) is 2.37. The summed E-state index contributed by atoms with van der Waals surface area (Å²) in [5.41, 5.74) is 1.23. The second kappa shape index (κ2) is 6.04. The van der Waals surface area contributed by atoms with Gasteiger partial charge in [0.2, 0.25) is 0 Å². The SMILES string of the molecule is C=C(Br)/C=C\C(=C/C)N1CCOCC1. The molecule has 1 saturated heterocycles. The van der Waals surface area contributed by atoms with Crippen LogP contribution in [-0.2, 0) is 4.74 Å². The van der Waals surface area contributed by atoms with Gasteiger partial charge in [0.05, 0.1) is 13.2 Å². The van der Waals surface area contributed by atoms with Crippen LogP contribution in [-0.4, -0.2) is 31.2 Å². The van der Waals surface area contributed by atoms with Crippen LogP contribution in [0.2, 0.25) is 0 Å². The van der Waals surface area contributed by atoms with Crippen molar-refractivity contribution >= 4 is 15.9 Å². The van der Waals surface area contributed by atoms with Crippen LogP contribution in [0.25, 0.3) is 0 Å². The first-order valence-corrected chi connectivity index (χ1v) is 5.55. The van der Waals surface area contributed by atoms with E-state index in [1.807, 2.05) is 13.0 Å². The normalized spacial score (nSPS) is 19.0. The lowest BCUT2D eigenvalue weighted by molar-refractivity contribution is 0.0553. The molecule has 0 aliphatic carbocycles. The molecule has 0 unspecified atom stereocenters. The quantitative estimate of drug-likeness (QED) is 0.722. The lowest BCUT2D eigenvalue weighted by Gasteiger charge is -2.29. The summed E-state index contributed by atoms with van der Waals surface area (Å²) in [5, 5.41) is 0. The number of rotatable bonds is 3. The molecule has 3 heteroatoms. The molecule has 0 atom stereocenters. The Morgan fingerprint density at radius 1 is 1.36 bits per heavy atom. The van der Waals surface area contributed by atoms with Gasteiger partial charge < -0.3 is 9.64 Å². The molecule has 0 aromatic heterocycles. The summed E-state index contributed by atoms with van der Waals surface area (Å²) in [6, 6.07) is 0. The molecule has 1 rings (SSSR count). The highest BCUT2D eigenvalue weighted by Gasteiger charge is 2.10. The van der Waals surface area contributed by atoms with Crippen molar-refractivity contribution in [3.8, 4) is 0 Å². The fourth-order valence-corrected chi connectivity index (χ4v) is 1.51. The molecule has 0 amide bonds. The first-order valence-electron chi connectivity index (χ1n) is 4.75. The van der Waals surface area contributed by atoms with Gasteiger partial charge in [-0.3, -0.25) is 0 Å². The highest BCUT2D eigenvalue weighted by atomic mass is 79.9. The zero-order chi connectivity index (χ0) is 10.4. The van der Waals surface area contributed by atoms with Crippen molar-refractivity contribution < 1.29 is 4.74 Å². The van der Waals surface area contributed by atoms with Gasteiger partial charge in [-0.1, -0.05) is 28.6 Å². The topological polar surface area (TPSA) is 12.5 Å². The molecule has 1 heterocycles. The number of halogens is 1. The van der Waals surface area contributed by atoms with Gasteiger partial charge >= 0.3 is 0 Å². The van der Waals surface area contributed by atoms with E-state index in [0.717, 1.165) is 30.8 Å². The van der Waals surface area contributed by atoms with E-state index >= 15 is 0 Å². The predicted octanol–water partition coefficient (Wildman–Crippen LogP) is 2.69. The number of ether oxygens (including phenoxy) is 1. The lowest BCUT2D eigenvalue weighted by atomic mass is 10.3. The van der Waals surface area contributed by atoms with Crippen molar-refractivity contribution in [1.82, 2.24) is 4.90 Å². The number of nitrogens with zero attached hydrogens (tertiary/aromatic N) is 1. The van der Waals surface area contributed by atoms with E-state index in [9.17, 15) is 0 Å². The van der Waals surface area contributed by atoms with Crippen molar-refractivity contribution in [3.05, 3.63) is 35.0 Å². The summed E-state index contributed by atoms with van der Waals surface area (Å²) in [5.74, 6) is 0. The standard InChI is InChI=1S/C11H16BrNO/c1-3-11(5-4-10(2)12)13-6-8-14-9-7-13/h3-5H,2,6-9H2,1H3/b5-4-,11-3+. The number of hydrogen-bond acceptors (Lipinski definition) is 2. The third kappa shape index (κ3) is 3.68. The fourth-order valence-electron chi connectivity index (χ4n) is 1.38. The average molecular weight is 258 g/mol. The van der Waals surface area contributed by atoms with Gasteiger partial charge in [0, 0.05) is 23.3 Å². The Morgan fingerprint density at radius 2 is 2.00 bits per heavy atom. The minimum atomic E-state index is 0.820. The summed E-state index contributed by atoms with van der Waals surface area (Å²) < 4.78 is 6.19. The Labute approximate surface area is 94.1 Å². The monoisotopic (exact) mass is 257 g/mol. The van der Waals surface area contributed by atoms with Gasteiger partial charge in [-0.05, 0) is 19.1 Å². The first kappa shape index (κ1) is 11.5. The van der Waals surface area contributed by atoms with E-state index in [1.165, 1.54) is 5.70 Å². The summed E-state index contributed by atoms with van der Waals surface area (Å²) in [4.78, 5) is 2.32. The number of allylic oxidation sites excluding steroid dienone is 4. The Balaban J connectivity index is 2.57. The van der Waals surface area contributed by atoms with Gasteiger partial charge in [0.15, 0.2) is 0 Å². The van der Waals surface area contributed by atoms with Gasteiger partial charge in [0.25, 0.3) is 0 Å². The summed E-state index contributed by atoms with van der Waals surface area (Å²) in [6.07, 6.45) is 6.14. The molecule has 0 radical (unpaired) electrons. The van der Waals surface area contributed by atoms with Crippen molar-refractivity contribution in [2.45, 2.75) is 6.92 Å². The minimum absolute atomic E-state index is 0.820. The predicted molar refractivity (Wildman–Crippen MR) is 63.4 cm³/mol. The molecule has 0 bridgehead atoms. The smallest absolute Gasteiger partial charge is 0.0642 e. The molecule has 1 fully saturated rings. The van der Waals surface area contributed by atoms with Crippen molar-refractivity contribution in [1.29, 1.82) is 0 Å². The van der Waals surface area contributed by atoms with E-state index in [-0.39, 0.29) is 0 Å². The van der Waals surface area contributed by atoms with Crippen LogP contribution in [0.4, 0.5) is 0 Å². The van der Waals surface area contributed by atoms with Gasteiger partial charge in [-0.2, -0.15) is 0 Å². The van der Waals surface area contributed by atoms with E-state index in [4.69, 9.17) is 4.74 Å². The molecule has 1 aliphatic heterocycles. The summed E-state index contributed by atoms with van der Waals surface area (Å²) in [7, 11) is 0. The van der Waals surface area contributed by atoms with Crippen LogP contribution in [0.5, 0.6) is 0 Å². The maximum Gasteiger partial charge on any atom is 0.0642 e. The zero-order valence-corrected chi connectivity index (χ0v) is 10.1. The zero-order valence-electron chi connectivity index (χ0n) is 8.50. The van der Waals surface area contributed by atoms with E-state index in [2.05, 4.69) is 39.6 Å². The molecule has 0 aromatic rings.